The van der Waals surface area contributed by atoms with Crippen molar-refractivity contribution < 1.29 is 9.53 Å². The second kappa shape index (κ2) is 8.31. The van der Waals surface area contributed by atoms with E-state index in [0.29, 0.717) is 16.3 Å². The lowest BCUT2D eigenvalue weighted by atomic mass is 10.2. The summed E-state index contributed by atoms with van der Waals surface area (Å²) in [6.45, 7) is 6.08. The molecular formula is C22H22ClN3O2. The molecule has 28 heavy (non-hydrogen) atoms. The monoisotopic (exact) mass is 395 g/mol. The van der Waals surface area contributed by atoms with Crippen molar-refractivity contribution in [3.63, 3.8) is 0 Å². The highest BCUT2D eigenvalue weighted by molar-refractivity contribution is 6.30. The predicted octanol–water partition coefficient (Wildman–Crippen LogP) is 4.83. The van der Waals surface area contributed by atoms with Crippen LogP contribution in [-0.2, 0) is 0 Å². The average Bonchev–Trinajstić information content (AvgIpc) is 2.97. The van der Waals surface area contributed by atoms with Gasteiger partial charge in [-0.3, -0.25) is 4.79 Å². The second-order valence-electron chi connectivity index (χ2n) is 6.49. The van der Waals surface area contributed by atoms with E-state index in [0.717, 1.165) is 28.2 Å². The molecule has 144 valence electrons. The van der Waals surface area contributed by atoms with Crippen LogP contribution in [0.3, 0.4) is 0 Å². The van der Waals surface area contributed by atoms with E-state index in [2.05, 4.69) is 15.1 Å². The summed E-state index contributed by atoms with van der Waals surface area (Å²) in [5.41, 5.74) is 8.13. The Morgan fingerprint density at radius 3 is 2.64 bits per heavy atom. The third kappa shape index (κ3) is 3.94. The molecule has 0 aliphatic carbocycles. The van der Waals surface area contributed by atoms with Crippen molar-refractivity contribution in [3.05, 3.63) is 81.6 Å². The second-order valence-corrected chi connectivity index (χ2v) is 6.93. The summed E-state index contributed by atoms with van der Waals surface area (Å²) >= 11 is 6.18. The van der Waals surface area contributed by atoms with Gasteiger partial charge in [0.25, 0.3) is 5.91 Å². The smallest absolute Gasteiger partial charge is 0.275 e. The molecule has 0 aliphatic heterocycles. The van der Waals surface area contributed by atoms with Crippen LogP contribution in [0.25, 0.3) is 5.69 Å². The molecule has 0 radical (unpaired) electrons. The van der Waals surface area contributed by atoms with Gasteiger partial charge < -0.3 is 9.30 Å². The molecule has 0 aliphatic rings. The molecular weight excluding hydrogens is 374 g/mol. The number of hydrazone groups is 1. The minimum absolute atomic E-state index is 0.326. The Kier molecular flexibility index (Phi) is 5.85. The fraction of sp³-hybridized carbons (Fsp3) is 0.182. The van der Waals surface area contributed by atoms with E-state index in [-0.39, 0.29) is 5.91 Å². The van der Waals surface area contributed by atoms with E-state index in [1.165, 1.54) is 7.11 Å². The molecule has 0 saturated carbocycles. The van der Waals surface area contributed by atoms with E-state index in [4.69, 9.17) is 16.3 Å². The van der Waals surface area contributed by atoms with Crippen LogP contribution >= 0.6 is 11.6 Å². The molecule has 1 N–H and O–H groups in total. The molecule has 6 heteroatoms. The third-order valence-electron chi connectivity index (χ3n) is 4.60. The highest BCUT2D eigenvalue weighted by Gasteiger charge is 2.13. The molecule has 0 atom stereocenters. The SMILES string of the molecule is COc1ccccc1C(=O)N/N=C\c1cc(C)n(-c2cc(Cl)ccc2C)c1C. The number of amides is 1. The maximum atomic E-state index is 12.4. The zero-order valence-electron chi connectivity index (χ0n) is 16.3. The number of methoxy groups -OCH3 is 1. The molecule has 0 fully saturated rings. The molecule has 1 heterocycles. The van der Waals surface area contributed by atoms with Crippen LogP contribution in [0.4, 0.5) is 0 Å². The van der Waals surface area contributed by atoms with Gasteiger partial charge in [0.15, 0.2) is 0 Å². The summed E-state index contributed by atoms with van der Waals surface area (Å²) in [6, 6.07) is 14.9. The highest BCUT2D eigenvalue weighted by atomic mass is 35.5. The van der Waals surface area contributed by atoms with E-state index < -0.39 is 0 Å². The Balaban J connectivity index is 1.84. The van der Waals surface area contributed by atoms with Crippen LogP contribution < -0.4 is 10.2 Å². The fourth-order valence-corrected chi connectivity index (χ4v) is 3.33. The first kappa shape index (κ1) is 19.7. The van der Waals surface area contributed by atoms with Gasteiger partial charge in [0.2, 0.25) is 0 Å². The third-order valence-corrected chi connectivity index (χ3v) is 4.84. The van der Waals surface area contributed by atoms with E-state index in [1.807, 2.05) is 51.1 Å². The van der Waals surface area contributed by atoms with E-state index in [1.54, 1.807) is 24.4 Å². The Hall–Kier alpha value is -3.05. The number of aryl methyl sites for hydroxylation is 2. The lowest BCUT2D eigenvalue weighted by Gasteiger charge is -2.13. The molecule has 1 amide bonds. The number of rotatable bonds is 5. The van der Waals surface area contributed by atoms with Crippen LogP contribution in [0.5, 0.6) is 5.75 Å². The predicted molar refractivity (Wildman–Crippen MR) is 113 cm³/mol. The van der Waals surface area contributed by atoms with E-state index >= 15 is 0 Å². The van der Waals surface area contributed by atoms with Gasteiger partial charge in [-0.15, -0.1) is 0 Å². The summed E-state index contributed by atoms with van der Waals surface area (Å²) in [4.78, 5) is 12.4. The molecule has 0 unspecified atom stereocenters. The first-order valence-corrected chi connectivity index (χ1v) is 9.22. The lowest BCUT2D eigenvalue weighted by molar-refractivity contribution is 0.0952. The maximum absolute atomic E-state index is 12.4. The molecule has 1 aromatic heterocycles. The topological polar surface area (TPSA) is 55.6 Å². The molecule has 2 aromatic carbocycles. The largest absolute Gasteiger partial charge is 0.496 e. The van der Waals surface area contributed by atoms with Gasteiger partial charge in [-0.1, -0.05) is 29.8 Å². The summed E-state index contributed by atoms with van der Waals surface area (Å²) in [5, 5.41) is 4.81. The van der Waals surface area contributed by atoms with Gasteiger partial charge in [0, 0.05) is 27.7 Å². The maximum Gasteiger partial charge on any atom is 0.275 e. The quantitative estimate of drug-likeness (QED) is 0.497. The van der Waals surface area contributed by atoms with Crippen molar-refractivity contribution in [2.75, 3.05) is 7.11 Å². The van der Waals surface area contributed by atoms with Crippen LogP contribution in [0.2, 0.25) is 5.02 Å². The number of halogens is 1. The van der Waals surface area contributed by atoms with Crippen molar-refractivity contribution in [1.29, 1.82) is 0 Å². The van der Waals surface area contributed by atoms with Gasteiger partial charge in [-0.25, -0.2) is 5.43 Å². The molecule has 5 nitrogen and oxygen atoms in total. The molecule has 0 saturated heterocycles. The number of hydrogen-bond donors (Lipinski definition) is 1. The molecule has 3 aromatic rings. The Bertz CT molecular complexity index is 1050. The van der Waals surface area contributed by atoms with Crippen molar-refractivity contribution in [3.8, 4) is 11.4 Å². The number of benzene rings is 2. The minimum Gasteiger partial charge on any atom is -0.496 e. The average molecular weight is 396 g/mol. The number of hydrogen-bond acceptors (Lipinski definition) is 3. The summed E-state index contributed by atoms with van der Waals surface area (Å²) < 4.78 is 7.34. The standard InChI is InChI=1S/C22H22ClN3O2/c1-14-9-10-18(23)12-20(14)26-15(2)11-17(16(26)3)13-24-25-22(27)19-7-5-6-8-21(19)28-4/h5-13H,1-4H3,(H,25,27)/b24-13-. The highest BCUT2D eigenvalue weighted by Crippen LogP contribution is 2.25. The number of ether oxygens (including phenoxy) is 1. The van der Waals surface area contributed by atoms with Crippen LogP contribution in [-0.4, -0.2) is 23.8 Å². The van der Waals surface area contributed by atoms with Gasteiger partial charge in [0.1, 0.15) is 5.75 Å². The lowest BCUT2D eigenvalue weighted by Crippen LogP contribution is -2.18. The van der Waals surface area contributed by atoms with Crippen LogP contribution in [0.15, 0.2) is 53.6 Å². The molecule has 0 spiro atoms. The molecule has 0 bridgehead atoms. The van der Waals surface area contributed by atoms with Gasteiger partial charge in [-0.2, -0.15) is 5.10 Å². The van der Waals surface area contributed by atoms with E-state index in [9.17, 15) is 4.79 Å². The summed E-state index contributed by atoms with van der Waals surface area (Å²) in [5.74, 6) is 0.179. The number of aromatic nitrogens is 1. The van der Waals surface area contributed by atoms with Crippen molar-refractivity contribution in [1.82, 2.24) is 9.99 Å². The van der Waals surface area contributed by atoms with Gasteiger partial charge in [0.05, 0.1) is 18.9 Å². The first-order chi connectivity index (χ1) is 13.4. The molecule has 3 rings (SSSR count). The number of nitrogens with one attached hydrogen (secondary N) is 1. The Labute approximate surface area is 169 Å². The Morgan fingerprint density at radius 1 is 1.14 bits per heavy atom. The van der Waals surface area contributed by atoms with Gasteiger partial charge in [-0.05, 0) is 56.7 Å². The van der Waals surface area contributed by atoms with Crippen LogP contribution in [0.1, 0.15) is 32.9 Å². The van der Waals surface area contributed by atoms with Crippen molar-refractivity contribution in [2.24, 2.45) is 5.10 Å². The van der Waals surface area contributed by atoms with Gasteiger partial charge >= 0.3 is 0 Å². The Morgan fingerprint density at radius 2 is 1.89 bits per heavy atom. The number of nitrogens with zero attached hydrogens (tertiary/aromatic N) is 2. The van der Waals surface area contributed by atoms with Crippen molar-refractivity contribution >= 4 is 23.7 Å². The van der Waals surface area contributed by atoms with Crippen molar-refractivity contribution in [2.45, 2.75) is 20.8 Å². The number of carbonyl (C=O) groups is 1. The zero-order chi connectivity index (χ0) is 20.3. The fourth-order valence-electron chi connectivity index (χ4n) is 3.17. The van der Waals surface area contributed by atoms with Crippen LogP contribution in [0, 0.1) is 20.8 Å². The number of para-hydroxylation sites is 1. The summed E-state index contributed by atoms with van der Waals surface area (Å²) in [6.07, 6.45) is 1.64. The normalized spacial score (nSPS) is 11.0. The number of carbonyl (C=O) groups excluding carboxylic acids is 1. The minimum atomic E-state index is -0.326. The summed E-state index contributed by atoms with van der Waals surface area (Å²) in [7, 11) is 1.53. The zero-order valence-corrected chi connectivity index (χ0v) is 17.0. The first-order valence-electron chi connectivity index (χ1n) is 8.84.